The molecule has 0 aromatic rings. The highest BCUT2D eigenvalue weighted by Crippen LogP contribution is 2.44. The normalized spacial score (nSPS) is 43.1. The number of carboxylic acid groups (broad SMARTS) is 3. The van der Waals surface area contributed by atoms with Crippen LogP contribution in [0.2, 0.25) is 0 Å². The lowest BCUT2D eigenvalue weighted by Crippen LogP contribution is -2.73. The largest absolute Gasteiger partial charge is 0.477 e. The fraction of sp³-hybridized carbons (Fsp3) is 0.881. The minimum atomic E-state index is -3.83. The highest BCUT2D eigenvalue weighted by Gasteiger charge is 2.65. The number of aliphatic hydroxyl groups is 23. The number of ether oxygens (including phenoxy) is 13. The molecule has 7 aliphatic heterocycles. The van der Waals surface area contributed by atoms with E-state index in [1.54, 1.807) is 0 Å². The Morgan fingerprint density at radius 1 is 0.394 bits per heavy atom. The van der Waals surface area contributed by atoms with Crippen LogP contribution in [-0.2, 0) is 95.1 Å². The number of aliphatic hydroxyl groups excluding tert-OH is 23. The molecule has 7 saturated heterocycles. The number of carbonyl (C=O) groups is 7. The predicted molar refractivity (Wildman–Crippen MR) is 331 cm³/mol. The van der Waals surface area contributed by atoms with E-state index < -0.39 is 345 Å². The van der Waals surface area contributed by atoms with E-state index in [-0.39, 0.29) is 0 Å². The molecule has 0 radical (unpaired) electrons. The third-order valence-corrected chi connectivity index (χ3v) is 19.2. The summed E-state index contributed by atoms with van der Waals surface area (Å²) >= 11 is 0. The average molecular weight is 1600 g/mol. The molecule has 4 amide bonds. The van der Waals surface area contributed by atoms with Crippen molar-refractivity contribution in [2.24, 2.45) is 0 Å². The predicted octanol–water partition coefficient (Wildman–Crippen LogP) is -19.1. The van der Waals surface area contributed by atoms with Gasteiger partial charge in [-0.2, -0.15) is 0 Å². The Labute approximate surface area is 613 Å². The van der Waals surface area contributed by atoms with Crippen molar-refractivity contribution < 1.29 is 228 Å². The molecule has 7 fully saturated rings. The topological polar surface area (TPSA) is 814 Å². The van der Waals surface area contributed by atoms with E-state index in [2.05, 4.69) is 16.0 Å². The van der Waals surface area contributed by atoms with Crippen molar-refractivity contribution in [2.45, 2.75) is 272 Å². The van der Waals surface area contributed by atoms with Gasteiger partial charge < -0.3 is 216 Å². The summed E-state index contributed by atoms with van der Waals surface area (Å²) in [5.41, 5.74) is 0. The summed E-state index contributed by atoms with van der Waals surface area (Å²) in [5, 5.41) is 295. The molecule has 7 rings (SSSR count). The Balaban J connectivity index is 1.31. The van der Waals surface area contributed by atoms with E-state index in [0.717, 1.165) is 20.8 Å². The van der Waals surface area contributed by atoms with Crippen LogP contribution in [-0.4, -0.2) is 459 Å². The van der Waals surface area contributed by atoms with Crippen LogP contribution in [0.5, 0.6) is 0 Å². The van der Waals surface area contributed by atoms with Crippen LogP contribution >= 0.6 is 0 Å². The fourth-order valence-corrected chi connectivity index (χ4v) is 13.7. The first-order valence-electron chi connectivity index (χ1n) is 33.7. The molecule has 0 spiro atoms. The van der Waals surface area contributed by atoms with Gasteiger partial charge in [-0.1, -0.05) is 0 Å². The third-order valence-electron chi connectivity index (χ3n) is 19.2. The molecule has 0 bridgehead atoms. The Morgan fingerprint density at radius 2 is 0.780 bits per heavy atom. The Morgan fingerprint density at radius 3 is 1.22 bits per heavy atom. The lowest BCUT2D eigenvalue weighted by molar-refractivity contribution is -0.403. The first-order valence-corrected chi connectivity index (χ1v) is 33.7. The molecule has 38 atom stereocenters. The van der Waals surface area contributed by atoms with Gasteiger partial charge in [-0.05, 0) is 0 Å². The molecular formula is C59H96N4O46. The third kappa shape index (κ3) is 19.8. The van der Waals surface area contributed by atoms with Crippen LogP contribution in [0.25, 0.3) is 0 Å². The van der Waals surface area contributed by atoms with Gasteiger partial charge in [-0.15, -0.1) is 0 Å². The van der Waals surface area contributed by atoms with Crippen molar-refractivity contribution in [2.75, 3.05) is 52.9 Å². The molecule has 109 heavy (non-hydrogen) atoms. The molecular weight excluding hydrogens is 1500 g/mol. The summed E-state index contributed by atoms with van der Waals surface area (Å²) in [6, 6.07) is -8.42. The van der Waals surface area contributed by atoms with E-state index in [0.29, 0.717) is 0 Å². The number of carboxylic acids is 3. The van der Waals surface area contributed by atoms with Gasteiger partial charge in [-0.25, -0.2) is 14.4 Å². The van der Waals surface area contributed by atoms with Crippen LogP contribution in [0.15, 0.2) is 0 Å². The second-order valence-electron chi connectivity index (χ2n) is 26.8. The number of hydrogen-bond donors (Lipinski definition) is 30. The maximum atomic E-state index is 14.2. The number of aliphatic carboxylic acids is 3. The Bertz CT molecular complexity index is 3030. The average Bonchev–Trinajstić information content (AvgIpc) is 0.749. The Hall–Kier alpha value is -5.15. The second-order valence-corrected chi connectivity index (χ2v) is 26.8. The number of rotatable bonds is 33. The van der Waals surface area contributed by atoms with E-state index in [1.807, 2.05) is 5.32 Å². The number of amides is 4. The van der Waals surface area contributed by atoms with Crippen LogP contribution in [0, 0.1) is 0 Å². The van der Waals surface area contributed by atoms with Crippen molar-refractivity contribution in [1.82, 2.24) is 21.3 Å². The molecule has 50 heteroatoms. The highest BCUT2D eigenvalue weighted by atomic mass is 16.8. The summed E-state index contributed by atoms with van der Waals surface area (Å²) in [4.78, 5) is 92.5. The first kappa shape index (κ1) is 91.0. The maximum absolute atomic E-state index is 14.2. The maximum Gasteiger partial charge on any atom is 0.364 e. The first-order chi connectivity index (χ1) is 51.1. The van der Waals surface area contributed by atoms with Crippen molar-refractivity contribution in [3.05, 3.63) is 0 Å². The number of carbonyl (C=O) groups excluding carboxylic acids is 4. The van der Waals surface area contributed by atoms with Crippen LogP contribution in [0.1, 0.15) is 40.0 Å². The van der Waals surface area contributed by atoms with E-state index in [4.69, 9.17) is 61.6 Å². The zero-order chi connectivity index (χ0) is 81.5. The summed E-state index contributed by atoms with van der Waals surface area (Å²) in [6.07, 6.45) is -77.9. The summed E-state index contributed by atoms with van der Waals surface area (Å²) in [6.45, 7) is -8.46. The smallest absolute Gasteiger partial charge is 0.364 e. The molecule has 30 N–H and O–H groups in total. The van der Waals surface area contributed by atoms with Crippen molar-refractivity contribution in [3.63, 3.8) is 0 Å². The molecule has 7 aliphatic rings. The van der Waals surface area contributed by atoms with Crippen molar-refractivity contribution >= 4 is 41.5 Å². The number of hydrogen-bond acceptors (Lipinski definition) is 43. The molecule has 0 unspecified atom stereocenters. The second kappa shape index (κ2) is 38.3. The number of nitrogens with one attached hydrogen (secondary N) is 4. The van der Waals surface area contributed by atoms with Crippen LogP contribution in [0.4, 0.5) is 0 Å². The van der Waals surface area contributed by atoms with Gasteiger partial charge in [0, 0.05) is 40.0 Å². The SMILES string of the molecule is CC(=O)N[C@H]1[C@H](O[C@@H]2[C@H](O[C@]3(C(=O)O)C[C@H](O)[C@@H](NC(=O)CO)[C@H]([C@H](O)[C@@H](CO)O[C@]4(C(=O)O)C[C@H](O)[C@@H](NC(C)=O)[C@H]([C@H](O)[C@@H](CO)O[C@]5(C(=O)O)C[C@H](O)[C@@H](NC(C)=O)[C@H]([C@H](O)[C@H](O)CO)O5)O4)O3)[C@@H](O)[C@H](O[C@H]3[C@H](O)[C@@H](O)[C@H](O)O[C@@H]3CO)O[C@@H]2CO)O[C@H](CO)[C@H](O)[C@@H]1O[C@@H]1O[C@H](CO)[C@H](O)[C@H](O)[C@H]1O. The summed E-state index contributed by atoms with van der Waals surface area (Å²) < 4.78 is 75.1. The van der Waals surface area contributed by atoms with E-state index >= 15 is 0 Å². The summed E-state index contributed by atoms with van der Waals surface area (Å²) in [5.74, 6) is -22.7. The fourth-order valence-electron chi connectivity index (χ4n) is 13.7. The van der Waals surface area contributed by atoms with Crippen molar-refractivity contribution in [3.8, 4) is 0 Å². The van der Waals surface area contributed by atoms with Gasteiger partial charge in [0.05, 0.1) is 82.7 Å². The highest BCUT2D eigenvalue weighted by molar-refractivity contribution is 5.79. The van der Waals surface area contributed by atoms with E-state index in [1.165, 1.54) is 0 Å². The van der Waals surface area contributed by atoms with Gasteiger partial charge >= 0.3 is 17.9 Å². The zero-order valence-corrected chi connectivity index (χ0v) is 57.8. The lowest BCUT2D eigenvalue weighted by atomic mass is 9.86. The van der Waals surface area contributed by atoms with Crippen LogP contribution in [0.3, 0.4) is 0 Å². The minimum Gasteiger partial charge on any atom is -0.477 e. The van der Waals surface area contributed by atoms with Gasteiger partial charge in [0.15, 0.2) is 25.2 Å². The Kier molecular flexibility index (Phi) is 32.0. The molecule has 50 nitrogen and oxygen atoms in total. The monoisotopic (exact) mass is 1600 g/mol. The quantitative estimate of drug-likeness (QED) is 0.0290. The summed E-state index contributed by atoms with van der Waals surface area (Å²) in [7, 11) is 0. The van der Waals surface area contributed by atoms with Gasteiger partial charge in [0.2, 0.25) is 23.6 Å². The minimum absolute atomic E-state index is 0.804. The standard InChI is InChI=1S/C59H96N4O46/c1-15(72)60-29-18(75)4-57(54(91)92,106-46(29)33(80)21(78)7-64)104-24(10-67)36(83)47-30(61-16(2)73)19(76)5-58(107-47,55(93)94)105-25(11-68)37(84)48-31(63-28(79)14-71)20(77)6-59(108-48,56(95)96)109-49-42(89)53(101-43-26(12-69)97-50(90)40(87)39(43)86)100-27(13-70)44(49)102-51-32(62-17(3)74)45(35(82)23(9-66)98-51)103-52-41(88)38(85)34(81)22(8-65)99-52/h18-27,29-53,64-71,75-78,80-90H,4-14H2,1-3H3,(H,60,72)(H,61,73)(H,62,74)(H,63,79)(H,91,92)(H,93,94)(H,95,96)/t18-,19-,20-,21+,22+,23+,24+,25+,26+,27+,29+,30+,31+,32+,33+,34-,35-,36+,37+,38-,39+,40+,41+,42+,43+,44-,45+,46+,47+,48+,49+,50+,51-,52-,53-,57+,58+,59-/m0/s1. The molecule has 0 saturated carbocycles. The molecule has 0 aromatic heterocycles. The van der Waals surface area contributed by atoms with E-state index in [9.17, 15) is 166 Å². The zero-order valence-electron chi connectivity index (χ0n) is 57.8. The van der Waals surface area contributed by atoms with Crippen molar-refractivity contribution in [1.29, 1.82) is 0 Å². The van der Waals surface area contributed by atoms with Gasteiger partial charge in [-0.3, -0.25) is 19.2 Å². The molecule has 628 valence electrons. The molecule has 7 heterocycles. The van der Waals surface area contributed by atoms with Crippen LogP contribution < -0.4 is 21.3 Å². The molecule has 0 aliphatic carbocycles. The molecule has 0 aromatic carbocycles. The van der Waals surface area contributed by atoms with Gasteiger partial charge in [0.25, 0.3) is 17.4 Å². The van der Waals surface area contributed by atoms with Gasteiger partial charge in [0.1, 0.15) is 159 Å². The lowest BCUT2D eigenvalue weighted by Gasteiger charge is -2.53.